The molecule has 0 aromatic carbocycles. The van der Waals surface area contributed by atoms with Crippen LogP contribution >= 0.6 is 0 Å². The Labute approximate surface area is 153 Å². The lowest BCUT2D eigenvalue weighted by Gasteiger charge is -2.23. The molecule has 0 aliphatic heterocycles. The van der Waals surface area contributed by atoms with Gasteiger partial charge in [0.1, 0.15) is 11.5 Å². The number of carbonyl (C=O) groups is 2. The van der Waals surface area contributed by atoms with Crippen LogP contribution in [0.25, 0.3) is 0 Å². The van der Waals surface area contributed by atoms with E-state index in [4.69, 9.17) is 4.74 Å². The minimum absolute atomic E-state index is 0.279. The molecule has 7 heteroatoms. The Morgan fingerprint density at radius 1 is 1.31 bits per heavy atom. The van der Waals surface area contributed by atoms with Gasteiger partial charge >= 0.3 is 5.97 Å². The van der Waals surface area contributed by atoms with E-state index in [0.717, 1.165) is 12.8 Å². The number of aryl methyl sites for hydroxylation is 1. The first kappa shape index (κ1) is 18.2. The Bertz CT molecular complexity index is 800. The summed E-state index contributed by atoms with van der Waals surface area (Å²) in [5.41, 5.74) is 2.04. The van der Waals surface area contributed by atoms with Crippen molar-refractivity contribution in [2.24, 2.45) is 0 Å². The number of H-pyrrole nitrogens is 1. The first-order valence-corrected chi connectivity index (χ1v) is 9.24. The Morgan fingerprint density at radius 2 is 2.04 bits per heavy atom. The van der Waals surface area contributed by atoms with Crippen molar-refractivity contribution in [2.75, 3.05) is 11.9 Å². The normalized spacial score (nSPS) is 15.0. The quantitative estimate of drug-likeness (QED) is 0.797. The predicted octanol–water partition coefficient (Wildman–Crippen LogP) is 3.76. The van der Waals surface area contributed by atoms with E-state index >= 15 is 0 Å². The largest absolute Gasteiger partial charge is 0.462 e. The van der Waals surface area contributed by atoms with Crippen LogP contribution in [0.4, 0.5) is 5.82 Å². The molecule has 0 bridgehead atoms. The van der Waals surface area contributed by atoms with E-state index in [0.29, 0.717) is 41.0 Å². The molecule has 0 spiro atoms. The summed E-state index contributed by atoms with van der Waals surface area (Å²) in [6.07, 6.45) is 7.51. The number of rotatable bonds is 5. The average Bonchev–Trinajstić information content (AvgIpc) is 3.20. The second-order valence-electron chi connectivity index (χ2n) is 6.75. The van der Waals surface area contributed by atoms with Crippen LogP contribution in [0.15, 0.2) is 12.3 Å². The van der Waals surface area contributed by atoms with E-state index in [1.807, 2.05) is 10.7 Å². The third-order valence-corrected chi connectivity index (χ3v) is 4.98. The highest BCUT2D eigenvalue weighted by Crippen LogP contribution is 2.30. The summed E-state index contributed by atoms with van der Waals surface area (Å²) in [5, 5.41) is 7.34. The third kappa shape index (κ3) is 3.52. The molecule has 0 saturated heterocycles. The van der Waals surface area contributed by atoms with Gasteiger partial charge in [0.25, 0.3) is 5.91 Å². The van der Waals surface area contributed by atoms with Crippen LogP contribution in [0.3, 0.4) is 0 Å². The number of ether oxygens (including phenoxy) is 1. The average molecular weight is 358 g/mol. The lowest BCUT2D eigenvalue weighted by atomic mass is 9.96. The van der Waals surface area contributed by atoms with Gasteiger partial charge in [0, 0.05) is 11.8 Å². The van der Waals surface area contributed by atoms with Gasteiger partial charge in [0.2, 0.25) is 0 Å². The van der Waals surface area contributed by atoms with Gasteiger partial charge in [-0.25, -0.2) is 9.48 Å². The van der Waals surface area contributed by atoms with Crippen molar-refractivity contribution in [1.29, 1.82) is 0 Å². The van der Waals surface area contributed by atoms with E-state index < -0.39 is 5.97 Å². The van der Waals surface area contributed by atoms with Crippen LogP contribution in [-0.2, 0) is 4.74 Å². The fourth-order valence-electron chi connectivity index (χ4n) is 3.70. The molecule has 1 amide bonds. The van der Waals surface area contributed by atoms with E-state index in [2.05, 4.69) is 15.4 Å². The number of carbonyl (C=O) groups excluding carboxylic acids is 2. The molecule has 3 rings (SSSR count). The van der Waals surface area contributed by atoms with Crippen molar-refractivity contribution in [2.45, 2.75) is 58.9 Å². The number of amides is 1. The molecular weight excluding hydrogens is 332 g/mol. The van der Waals surface area contributed by atoms with Crippen molar-refractivity contribution >= 4 is 17.7 Å². The van der Waals surface area contributed by atoms with Gasteiger partial charge in [-0.1, -0.05) is 19.3 Å². The second kappa shape index (κ2) is 7.76. The smallest absolute Gasteiger partial charge is 0.340 e. The van der Waals surface area contributed by atoms with Gasteiger partial charge in [-0.2, -0.15) is 5.10 Å². The Hall–Kier alpha value is -2.57. The molecule has 1 aliphatic rings. The summed E-state index contributed by atoms with van der Waals surface area (Å²) in [6, 6.07) is 2.14. The highest BCUT2D eigenvalue weighted by molar-refractivity contribution is 6.06. The minimum Gasteiger partial charge on any atom is -0.462 e. The fraction of sp³-hybridized carbons (Fsp3) is 0.526. The summed E-state index contributed by atoms with van der Waals surface area (Å²) < 4.78 is 6.99. The molecule has 1 saturated carbocycles. The molecule has 7 nitrogen and oxygen atoms in total. The number of hydrogen-bond donors (Lipinski definition) is 2. The molecule has 1 fully saturated rings. The maximum atomic E-state index is 12.8. The van der Waals surface area contributed by atoms with Crippen LogP contribution < -0.4 is 5.32 Å². The molecule has 2 aromatic heterocycles. The zero-order valence-corrected chi connectivity index (χ0v) is 15.6. The van der Waals surface area contributed by atoms with Crippen LogP contribution in [0.2, 0.25) is 0 Å². The fourth-order valence-corrected chi connectivity index (χ4v) is 3.70. The topological polar surface area (TPSA) is 89.0 Å². The van der Waals surface area contributed by atoms with Crippen molar-refractivity contribution in [3.05, 3.63) is 34.8 Å². The van der Waals surface area contributed by atoms with Gasteiger partial charge in [0.15, 0.2) is 0 Å². The molecule has 2 heterocycles. The molecule has 0 atom stereocenters. The number of nitrogens with one attached hydrogen (secondary N) is 2. The van der Waals surface area contributed by atoms with Crippen molar-refractivity contribution in [3.8, 4) is 0 Å². The molecule has 140 valence electrons. The van der Waals surface area contributed by atoms with Gasteiger partial charge in [-0.3, -0.25) is 4.79 Å². The van der Waals surface area contributed by atoms with Gasteiger partial charge in [-0.15, -0.1) is 0 Å². The number of nitrogens with zero attached hydrogens (tertiary/aromatic N) is 2. The standard InChI is InChI=1S/C19H26N4O3/c1-4-26-19(25)16-12(2)17(21-13(16)3)18(24)22-15-10-11-20-23(15)14-8-6-5-7-9-14/h10-11,14,21H,4-9H2,1-3H3,(H,22,24). The summed E-state index contributed by atoms with van der Waals surface area (Å²) in [5.74, 6) is -0.00464. The first-order chi connectivity index (χ1) is 12.5. The lowest BCUT2D eigenvalue weighted by Crippen LogP contribution is -2.21. The molecular formula is C19H26N4O3. The van der Waals surface area contributed by atoms with Crippen LogP contribution in [0, 0.1) is 13.8 Å². The van der Waals surface area contributed by atoms with E-state index in [9.17, 15) is 9.59 Å². The van der Waals surface area contributed by atoms with E-state index in [1.165, 1.54) is 19.3 Å². The molecule has 0 unspecified atom stereocenters. The maximum absolute atomic E-state index is 12.8. The van der Waals surface area contributed by atoms with Crippen LogP contribution in [0.1, 0.15) is 77.2 Å². The summed E-state index contributed by atoms with van der Waals surface area (Å²) >= 11 is 0. The van der Waals surface area contributed by atoms with Gasteiger partial charge in [-0.05, 0) is 39.2 Å². The molecule has 26 heavy (non-hydrogen) atoms. The van der Waals surface area contributed by atoms with E-state index in [1.54, 1.807) is 27.0 Å². The zero-order chi connectivity index (χ0) is 18.7. The zero-order valence-electron chi connectivity index (χ0n) is 15.6. The Kier molecular flexibility index (Phi) is 5.44. The third-order valence-electron chi connectivity index (χ3n) is 4.98. The number of anilines is 1. The number of aromatic nitrogens is 3. The predicted molar refractivity (Wildman–Crippen MR) is 98.5 cm³/mol. The summed E-state index contributed by atoms with van der Waals surface area (Å²) in [7, 11) is 0. The number of aromatic amines is 1. The SMILES string of the molecule is CCOC(=O)c1c(C)[nH]c(C(=O)Nc2ccnn2C2CCCCC2)c1C. The van der Waals surface area contributed by atoms with Crippen molar-refractivity contribution < 1.29 is 14.3 Å². The monoisotopic (exact) mass is 358 g/mol. The first-order valence-electron chi connectivity index (χ1n) is 9.24. The van der Waals surface area contributed by atoms with E-state index in [-0.39, 0.29) is 5.91 Å². The number of hydrogen-bond acceptors (Lipinski definition) is 4. The highest BCUT2D eigenvalue weighted by Gasteiger charge is 2.24. The minimum atomic E-state index is -0.412. The summed E-state index contributed by atoms with van der Waals surface area (Å²) in [4.78, 5) is 27.9. The Morgan fingerprint density at radius 3 is 2.73 bits per heavy atom. The lowest BCUT2D eigenvalue weighted by molar-refractivity contribution is 0.0525. The second-order valence-corrected chi connectivity index (χ2v) is 6.75. The molecule has 2 N–H and O–H groups in total. The molecule has 1 aliphatic carbocycles. The van der Waals surface area contributed by atoms with Gasteiger partial charge in [0.05, 0.1) is 24.4 Å². The summed E-state index contributed by atoms with van der Waals surface area (Å²) in [6.45, 7) is 5.58. The molecule has 2 aromatic rings. The van der Waals surface area contributed by atoms with Crippen LogP contribution in [0.5, 0.6) is 0 Å². The highest BCUT2D eigenvalue weighted by atomic mass is 16.5. The van der Waals surface area contributed by atoms with Crippen molar-refractivity contribution in [3.63, 3.8) is 0 Å². The van der Waals surface area contributed by atoms with Gasteiger partial charge < -0.3 is 15.0 Å². The molecule has 0 radical (unpaired) electrons. The Balaban J connectivity index is 1.80. The van der Waals surface area contributed by atoms with Crippen LogP contribution in [-0.4, -0.2) is 33.2 Å². The van der Waals surface area contributed by atoms with Crippen molar-refractivity contribution in [1.82, 2.24) is 14.8 Å². The number of esters is 1. The maximum Gasteiger partial charge on any atom is 0.340 e.